The number of hydrogen-bond donors (Lipinski definition) is 0. The molecule has 0 aliphatic heterocycles. The van der Waals surface area contributed by atoms with Crippen molar-refractivity contribution in [2.45, 2.75) is 277 Å². The van der Waals surface area contributed by atoms with Crippen LogP contribution in [0.4, 0.5) is 0 Å². The van der Waals surface area contributed by atoms with Gasteiger partial charge in [0.15, 0.2) is 6.10 Å². The minimum absolute atomic E-state index is 0.0390. The monoisotopic (exact) mass is 1110 g/mol. The molecule has 0 aromatic rings. The number of phosphoric acid groups is 1. The van der Waals surface area contributed by atoms with Gasteiger partial charge in [-0.1, -0.05) is 259 Å². The van der Waals surface area contributed by atoms with Crippen LogP contribution in [0.1, 0.15) is 271 Å². The number of unbranched alkanes of at least 4 members (excludes halogenated alkanes) is 28. The maximum absolute atomic E-state index is 12.8. The first-order valence-electron chi connectivity index (χ1n) is 31.9. The third kappa shape index (κ3) is 62.1. The number of quaternary nitrogens is 1. The number of likely N-dealkylation sites (N-methyl/N-ethyl adjacent to an activating group) is 1. The summed E-state index contributed by atoms with van der Waals surface area (Å²) in [5.74, 6) is -0.853. The number of esters is 2. The van der Waals surface area contributed by atoms with E-state index in [2.05, 4.69) is 111 Å². The molecular weight excluding hydrogens is 990 g/mol. The van der Waals surface area contributed by atoms with Crippen LogP contribution < -0.4 is 4.89 Å². The molecule has 2 atom stereocenters. The van der Waals surface area contributed by atoms with Gasteiger partial charge in [-0.2, -0.15) is 0 Å². The summed E-state index contributed by atoms with van der Waals surface area (Å²) in [7, 11) is 1.15. The lowest BCUT2D eigenvalue weighted by Gasteiger charge is -2.28. The Kier molecular flexibility index (Phi) is 56.3. The van der Waals surface area contributed by atoms with Gasteiger partial charge in [0.25, 0.3) is 7.82 Å². The molecule has 450 valence electrons. The molecule has 9 nitrogen and oxygen atoms in total. The molecule has 2 unspecified atom stereocenters. The number of phosphoric ester groups is 1. The third-order valence-corrected chi connectivity index (χ3v) is 14.6. The Morgan fingerprint density at radius 3 is 1.10 bits per heavy atom. The van der Waals surface area contributed by atoms with Gasteiger partial charge in [-0.05, 0) is 96.3 Å². The molecule has 0 aliphatic carbocycles. The molecule has 0 rings (SSSR count). The largest absolute Gasteiger partial charge is 0.756 e. The van der Waals surface area contributed by atoms with Gasteiger partial charge in [-0.3, -0.25) is 14.2 Å². The van der Waals surface area contributed by atoms with Crippen LogP contribution in [0.25, 0.3) is 0 Å². The highest BCUT2D eigenvalue weighted by Crippen LogP contribution is 2.38. The summed E-state index contributed by atoms with van der Waals surface area (Å²) < 4.78 is 34.2. The van der Waals surface area contributed by atoms with Crippen molar-refractivity contribution in [3.05, 3.63) is 97.2 Å². The van der Waals surface area contributed by atoms with Crippen molar-refractivity contribution in [3.8, 4) is 0 Å². The maximum atomic E-state index is 12.8. The van der Waals surface area contributed by atoms with Crippen molar-refractivity contribution in [2.24, 2.45) is 0 Å². The predicted octanol–water partition coefficient (Wildman–Crippen LogP) is 19.7. The van der Waals surface area contributed by atoms with Gasteiger partial charge in [0.1, 0.15) is 19.8 Å². The van der Waals surface area contributed by atoms with Gasteiger partial charge in [-0.15, -0.1) is 0 Å². The zero-order valence-electron chi connectivity index (χ0n) is 51.1. The van der Waals surface area contributed by atoms with Crippen LogP contribution in [-0.4, -0.2) is 70.0 Å². The number of carbonyl (C=O) groups excluding carboxylic acids is 2. The molecule has 0 radical (unpaired) electrons. The minimum Gasteiger partial charge on any atom is -0.756 e. The molecule has 0 spiro atoms. The highest BCUT2D eigenvalue weighted by atomic mass is 31.2. The van der Waals surface area contributed by atoms with Crippen molar-refractivity contribution in [2.75, 3.05) is 47.5 Å². The minimum atomic E-state index is -4.65. The quantitative estimate of drug-likeness (QED) is 0.0195. The fraction of sp³-hybridized carbons (Fsp3) is 0.735. The van der Waals surface area contributed by atoms with E-state index in [0.717, 1.165) is 96.3 Å². The van der Waals surface area contributed by atoms with Gasteiger partial charge in [0.05, 0.1) is 27.7 Å². The Morgan fingerprint density at radius 1 is 0.410 bits per heavy atom. The Bertz CT molecular complexity index is 1640. The van der Waals surface area contributed by atoms with Crippen LogP contribution in [0, 0.1) is 0 Å². The van der Waals surface area contributed by atoms with Gasteiger partial charge in [0.2, 0.25) is 0 Å². The SMILES string of the molecule is CC/C=C\C/C=C\C/C=C\C/C=C\C/C=C\C/C=C\C/C=C\CCCCCCCC(=O)OC(COC(=O)CCCCCCCCCCCCCCCCC/C=C\CCCCCCCCCC)COP(=O)([O-])OCC[N+](C)(C)C. The summed E-state index contributed by atoms with van der Waals surface area (Å²) in [5, 5.41) is 0. The van der Waals surface area contributed by atoms with Gasteiger partial charge >= 0.3 is 11.9 Å². The lowest BCUT2D eigenvalue weighted by atomic mass is 10.0. The second-order valence-electron chi connectivity index (χ2n) is 22.4. The molecule has 10 heteroatoms. The van der Waals surface area contributed by atoms with Crippen LogP contribution in [0.5, 0.6) is 0 Å². The maximum Gasteiger partial charge on any atom is 0.306 e. The highest BCUT2D eigenvalue weighted by molar-refractivity contribution is 7.45. The van der Waals surface area contributed by atoms with E-state index in [1.165, 1.54) is 141 Å². The molecule has 0 aromatic carbocycles. The lowest BCUT2D eigenvalue weighted by Crippen LogP contribution is -2.37. The zero-order chi connectivity index (χ0) is 57.0. The van der Waals surface area contributed by atoms with Gasteiger partial charge in [-0.25, -0.2) is 0 Å². The molecule has 0 fully saturated rings. The van der Waals surface area contributed by atoms with E-state index in [9.17, 15) is 19.0 Å². The van der Waals surface area contributed by atoms with E-state index in [0.29, 0.717) is 17.4 Å². The first kappa shape index (κ1) is 74.9. The average Bonchev–Trinajstić information content (AvgIpc) is 3.41. The molecule has 0 heterocycles. The average molecular weight is 1110 g/mol. The van der Waals surface area contributed by atoms with Crippen molar-refractivity contribution in [3.63, 3.8) is 0 Å². The highest BCUT2D eigenvalue weighted by Gasteiger charge is 2.22. The Balaban J connectivity index is 4.17. The fourth-order valence-electron chi connectivity index (χ4n) is 8.69. The van der Waals surface area contributed by atoms with E-state index < -0.39 is 26.5 Å². The van der Waals surface area contributed by atoms with Crippen LogP contribution >= 0.6 is 7.82 Å². The van der Waals surface area contributed by atoms with E-state index >= 15 is 0 Å². The number of ether oxygens (including phenoxy) is 2. The Labute approximate surface area is 481 Å². The lowest BCUT2D eigenvalue weighted by molar-refractivity contribution is -0.870. The zero-order valence-corrected chi connectivity index (χ0v) is 52.0. The van der Waals surface area contributed by atoms with Crippen molar-refractivity contribution in [1.82, 2.24) is 0 Å². The first-order valence-corrected chi connectivity index (χ1v) is 33.4. The van der Waals surface area contributed by atoms with Crippen LogP contribution in [0.3, 0.4) is 0 Å². The predicted molar refractivity (Wildman–Crippen MR) is 332 cm³/mol. The number of nitrogens with zero attached hydrogens (tertiary/aromatic N) is 1. The van der Waals surface area contributed by atoms with E-state index in [-0.39, 0.29) is 32.0 Å². The summed E-state index contributed by atoms with van der Waals surface area (Å²) in [6.45, 7) is 4.12. The molecule has 0 saturated carbocycles. The van der Waals surface area contributed by atoms with Gasteiger partial charge in [0, 0.05) is 12.8 Å². The van der Waals surface area contributed by atoms with E-state index in [4.69, 9.17) is 18.5 Å². The molecular formula is C68H120NO8P. The fourth-order valence-corrected chi connectivity index (χ4v) is 9.42. The van der Waals surface area contributed by atoms with Gasteiger partial charge < -0.3 is 27.9 Å². The van der Waals surface area contributed by atoms with Crippen molar-refractivity contribution >= 4 is 19.8 Å². The third-order valence-electron chi connectivity index (χ3n) is 13.6. The molecule has 0 amide bonds. The number of allylic oxidation sites excluding steroid dienone is 16. The van der Waals surface area contributed by atoms with Crippen LogP contribution in [-0.2, 0) is 32.7 Å². The normalized spacial score (nSPS) is 13.9. The second-order valence-corrected chi connectivity index (χ2v) is 23.8. The smallest absolute Gasteiger partial charge is 0.306 e. The Morgan fingerprint density at radius 2 is 0.731 bits per heavy atom. The van der Waals surface area contributed by atoms with Crippen molar-refractivity contribution < 1.29 is 42.1 Å². The van der Waals surface area contributed by atoms with E-state index in [1.807, 2.05) is 21.1 Å². The number of hydrogen-bond acceptors (Lipinski definition) is 8. The van der Waals surface area contributed by atoms with E-state index in [1.54, 1.807) is 0 Å². The molecule has 0 saturated heterocycles. The summed E-state index contributed by atoms with van der Waals surface area (Å²) in [6.07, 6.45) is 80.4. The number of rotatable bonds is 58. The number of carbonyl (C=O) groups is 2. The first-order chi connectivity index (χ1) is 38.0. The van der Waals surface area contributed by atoms with Crippen molar-refractivity contribution in [1.29, 1.82) is 0 Å². The van der Waals surface area contributed by atoms with Crippen LogP contribution in [0.15, 0.2) is 97.2 Å². The molecule has 0 bridgehead atoms. The molecule has 0 aliphatic rings. The second kappa shape index (κ2) is 58.6. The summed E-state index contributed by atoms with van der Waals surface area (Å²) in [6, 6.07) is 0. The summed E-state index contributed by atoms with van der Waals surface area (Å²) in [5.41, 5.74) is 0. The summed E-state index contributed by atoms with van der Waals surface area (Å²) >= 11 is 0. The topological polar surface area (TPSA) is 111 Å². The standard InChI is InChI=1S/C68H120NO8P/c1-6-8-10-12-14-16-18-20-22-24-26-28-30-32-34-36-38-40-42-44-46-48-50-52-54-56-58-60-67(70)74-64-66(65-76-78(72,73)75-63-62-69(3,4)5)77-68(71)61-59-57-55-53-51-49-47-45-43-41-39-37-35-33-31-29-27-25-23-21-19-17-15-13-11-9-7-2/h9,11,15,17,21,23-24,26-27,29,33,35,39,41,45,47,66H,6-8,10,12-14,16,18-20,22,25,28,30-32,34,36-38,40,42-44,46,48-65H2,1-5H3/b11-9-,17-15-,23-21-,26-24-,29-27-,35-33-,41-39-,47-45-. The molecule has 78 heavy (non-hydrogen) atoms. The molecule has 0 N–H and O–H groups in total. The molecule has 0 aromatic heterocycles. The Hall–Kier alpha value is -3.07. The van der Waals surface area contributed by atoms with Crippen LogP contribution in [0.2, 0.25) is 0 Å². The summed E-state index contributed by atoms with van der Waals surface area (Å²) in [4.78, 5) is 38.0.